The van der Waals surface area contributed by atoms with Gasteiger partial charge in [0.05, 0.1) is 26.3 Å². The first-order chi connectivity index (χ1) is 13.8. The Morgan fingerprint density at radius 1 is 0.893 bits per heavy atom. The lowest BCUT2D eigenvalue weighted by Gasteiger charge is -2.30. The van der Waals surface area contributed by atoms with Crippen LogP contribution in [0.4, 0.5) is 11.5 Å². The van der Waals surface area contributed by atoms with Crippen LogP contribution in [-0.4, -0.2) is 30.9 Å². The van der Waals surface area contributed by atoms with Crippen LogP contribution in [0.1, 0.15) is 5.56 Å². The lowest BCUT2D eigenvalue weighted by atomic mass is 10.0. The molecule has 0 amide bonds. The molecule has 138 valence electrons. The van der Waals surface area contributed by atoms with Crippen LogP contribution in [0, 0.1) is 6.57 Å². The molecule has 4 nitrogen and oxygen atoms in total. The summed E-state index contributed by atoms with van der Waals surface area (Å²) in [5.41, 5.74) is 3.08. The number of hydrogen-bond donors (Lipinski definition) is 0. The van der Waals surface area contributed by atoms with Gasteiger partial charge in [0.25, 0.3) is 0 Å². The summed E-state index contributed by atoms with van der Waals surface area (Å²) in [6.07, 6.45) is 0. The molecule has 0 atom stereocenters. The van der Waals surface area contributed by atoms with Crippen molar-refractivity contribution in [2.45, 2.75) is 6.54 Å². The Bertz CT molecular complexity index is 1190. The van der Waals surface area contributed by atoms with Gasteiger partial charge in [-0.05, 0) is 33.9 Å². The highest BCUT2D eigenvalue weighted by molar-refractivity contribution is 5.89. The van der Waals surface area contributed by atoms with Gasteiger partial charge < -0.3 is 14.2 Å². The summed E-state index contributed by atoms with van der Waals surface area (Å²) in [7, 11) is 0. The molecule has 2 heterocycles. The lowest BCUT2D eigenvalue weighted by Crippen LogP contribution is -2.37. The molecule has 4 aromatic rings. The van der Waals surface area contributed by atoms with E-state index in [1.807, 2.05) is 12.1 Å². The van der Waals surface area contributed by atoms with E-state index < -0.39 is 0 Å². The molecule has 0 spiro atoms. The Labute approximate surface area is 164 Å². The van der Waals surface area contributed by atoms with Gasteiger partial charge in [0.2, 0.25) is 0 Å². The second-order valence-electron chi connectivity index (χ2n) is 7.18. The topological polar surface area (TPSA) is 21.8 Å². The minimum atomic E-state index is 0.679. The summed E-state index contributed by atoms with van der Waals surface area (Å²) in [5.74, 6) is 1.20. The number of aromatic nitrogens is 1. The maximum Gasteiger partial charge on any atom is 0.189 e. The van der Waals surface area contributed by atoms with Gasteiger partial charge in [0, 0.05) is 18.6 Å². The van der Waals surface area contributed by atoms with Crippen LogP contribution in [0.5, 0.6) is 0 Å². The molecule has 0 radical (unpaired) electrons. The fourth-order valence-corrected chi connectivity index (χ4v) is 4.12. The van der Waals surface area contributed by atoms with Crippen molar-refractivity contribution in [2.24, 2.45) is 0 Å². The Morgan fingerprint density at radius 2 is 1.71 bits per heavy atom. The lowest BCUT2D eigenvalue weighted by molar-refractivity contribution is 0.122. The Morgan fingerprint density at radius 3 is 2.57 bits per heavy atom. The summed E-state index contributed by atoms with van der Waals surface area (Å²) in [6, 6.07) is 23.2. The number of nitrogens with zero attached hydrogens (tertiary/aromatic N) is 3. The van der Waals surface area contributed by atoms with Crippen molar-refractivity contribution < 1.29 is 4.74 Å². The zero-order valence-corrected chi connectivity index (χ0v) is 15.6. The van der Waals surface area contributed by atoms with E-state index in [1.165, 1.54) is 27.5 Å². The third kappa shape index (κ3) is 2.90. The molecule has 4 heteroatoms. The van der Waals surface area contributed by atoms with E-state index in [4.69, 9.17) is 11.3 Å². The van der Waals surface area contributed by atoms with Crippen LogP contribution in [0.25, 0.3) is 26.5 Å². The quantitative estimate of drug-likeness (QED) is 0.463. The van der Waals surface area contributed by atoms with Crippen LogP contribution in [0.2, 0.25) is 0 Å². The van der Waals surface area contributed by atoms with Crippen molar-refractivity contribution in [1.82, 2.24) is 4.57 Å². The number of benzene rings is 3. The largest absolute Gasteiger partial charge is 0.378 e. The molecule has 0 N–H and O–H groups in total. The van der Waals surface area contributed by atoms with Crippen LogP contribution < -0.4 is 4.90 Å². The predicted molar refractivity (Wildman–Crippen MR) is 114 cm³/mol. The Balaban J connectivity index is 1.68. The van der Waals surface area contributed by atoms with Crippen molar-refractivity contribution >= 4 is 33.2 Å². The maximum atomic E-state index is 7.41. The minimum Gasteiger partial charge on any atom is -0.378 e. The van der Waals surface area contributed by atoms with Gasteiger partial charge in [-0.25, -0.2) is 4.85 Å². The van der Waals surface area contributed by atoms with Crippen LogP contribution >= 0.6 is 0 Å². The van der Waals surface area contributed by atoms with E-state index in [9.17, 15) is 0 Å². The number of rotatable bonds is 3. The van der Waals surface area contributed by atoms with Crippen molar-refractivity contribution in [2.75, 3.05) is 31.2 Å². The Hall–Kier alpha value is -3.29. The monoisotopic (exact) mass is 367 g/mol. The molecule has 1 saturated heterocycles. The average molecular weight is 367 g/mol. The van der Waals surface area contributed by atoms with Gasteiger partial charge in [-0.3, -0.25) is 0 Å². The molecule has 0 saturated carbocycles. The van der Waals surface area contributed by atoms with E-state index in [0.717, 1.165) is 38.4 Å². The van der Waals surface area contributed by atoms with Crippen molar-refractivity contribution in [3.8, 4) is 0 Å². The first-order valence-corrected chi connectivity index (χ1v) is 9.63. The molecule has 0 unspecified atom stereocenters. The first kappa shape index (κ1) is 16.9. The summed E-state index contributed by atoms with van der Waals surface area (Å²) < 4.78 is 7.92. The van der Waals surface area contributed by atoms with E-state index in [2.05, 4.69) is 68.9 Å². The second kappa shape index (κ2) is 7.03. The van der Waals surface area contributed by atoms with Gasteiger partial charge in [-0.1, -0.05) is 54.6 Å². The smallest absolute Gasteiger partial charge is 0.189 e. The summed E-state index contributed by atoms with van der Waals surface area (Å²) in [5, 5.41) is 3.71. The fraction of sp³-hybridized carbons (Fsp3) is 0.208. The van der Waals surface area contributed by atoms with E-state index in [-0.39, 0.29) is 0 Å². The van der Waals surface area contributed by atoms with Gasteiger partial charge in [0.1, 0.15) is 5.82 Å². The van der Waals surface area contributed by atoms with Crippen molar-refractivity contribution in [3.05, 3.63) is 83.7 Å². The number of hydrogen-bond acceptors (Lipinski definition) is 2. The molecule has 5 rings (SSSR count). The molecule has 28 heavy (non-hydrogen) atoms. The van der Waals surface area contributed by atoms with Crippen LogP contribution in [0.15, 0.2) is 66.7 Å². The standard InChI is InChI=1S/C24H21N3O/c1-25-21-10-9-19-15-24(26-11-13-28-14-12-26)27(23(19)16-21)17-20-7-4-6-18-5-2-3-8-22(18)20/h2-10,15-16H,11-14,17H2. The van der Waals surface area contributed by atoms with Gasteiger partial charge in [-0.2, -0.15) is 0 Å². The Kier molecular flexibility index (Phi) is 4.23. The maximum absolute atomic E-state index is 7.41. The van der Waals surface area contributed by atoms with Gasteiger partial charge in [0.15, 0.2) is 5.69 Å². The second-order valence-corrected chi connectivity index (χ2v) is 7.18. The van der Waals surface area contributed by atoms with Crippen LogP contribution in [-0.2, 0) is 11.3 Å². The molecule has 1 fully saturated rings. The third-order valence-corrected chi connectivity index (χ3v) is 5.54. The van der Waals surface area contributed by atoms with E-state index in [1.54, 1.807) is 0 Å². The SMILES string of the molecule is [C-]#[N+]c1ccc2cc(N3CCOCC3)n(Cc3cccc4ccccc34)c2c1. The highest BCUT2D eigenvalue weighted by Crippen LogP contribution is 2.32. The summed E-state index contributed by atoms with van der Waals surface area (Å²) in [6.45, 7) is 11.5. The zero-order valence-electron chi connectivity index (χ0n) is 15.6. The number of fused-ring (bicyclic) bond motifs is 2. The fourth-order valence-electron chi connectivity index (χ4n) is 4.12. The molecule has 1 aromatic heterocycles. The van der Waals surface area contributed by atoms with Gasteiger partial charge in [-0.15, -0.1) is 0 Å². The molecule has 1 aliphatic heterocycles. The highest BCUT2D eigenvalue weighted by Gasteiger charge is 2.18. The first-order valence-electron chi connectivity index (χ1n) is 9.63. The normalized spacial score (nSPS) is 14.5. The van der Waals surface area contributed by atoms with Gasteiger partial charge >= 0.3 is 0 Å². The van der Waals surface area contributed by atoms with E-state index in [0.29, 0.717) is 5.69 Å². The van der Waals surface area contributed by atoms with Crippen LogP contribution in [0.3, 0.4) is 0 Å². The third-order valence-electron chi connectivity index (χ3n) is 5.54. The molecular formula is C24H21N3O. The summed E-state index contributed by atoms with van der Waals surface area (Å²) in [4.78, 5) is 6.04. The number of morpholine rings is 1. The molecule has 3 aromatic carbocycles. The number of ether oxygens (including phenoxy) is 1. The molecule has 1 aliphatic rings. The molecular weight excluding hydrogens is 346 g/mol. The zero-order chi connectivity index (χ0) is 18.9. The average Bonchev–Trinajstić information content (AvgIpc) is 3.12. The van der Waals surface area contributed by atoms with Crippen molar-refractivity contribution in [1.29, 1.82) is 0 Å². The summed E-state index contributed by atoms with van der Waals surface area (Å²) >= 11 is 0. The van der Waals surface area contributed by atoms with Crippen molar-refractivity contribution in [3.63, 3.8) is 0 Å². The highest BCUT2D eigenvalue weighted by atomic mass is 16.5. The molecule has 0 bridgehead atoms. The predicted octanol–water partition coefficient (Wildman–Crippen LogP) is 5.23. The molecule has 0 aliphatic carbocycles. The minimum absolute atomic E-state index is 0.679. The number of anilines is 1. The van der Waals surface area contributed by atoms with E-state index >= 15 is 0 Å².